The van der Waals surface area contributed by atoms with Crippen LogP contribution in [0.2, 0.25) is 0 Å². The van der Waals surface area contributed by atoms with E-state index in [1.54, 1.807) is 0 Å². The van der Waals surface area contributed by atoms with Crippen molar-refractivity contribution in [2.24, 2.45) is 7.05 Å². The molecule has 0 spiro atoms. The molecule has 2 nitrogen and oxygen atoms in total. The van der Waals surface area contributed by atoms with Crippen molar-refractivity contribution in [3.63, 3.8) is 0 Å². The van der Waals surface area contributed by atoms with E-state index in [0.717, 1.165) is 16.1 Å². The van der Waals surface area contributed by atoms with Crippen LogP contribution in [-0.2, 0) is 7.05 Å². The third kappa shape index (κ3) is 3.45. The predicted octanol–water partition coefficient (Wildman–Crippen LogP) is 0.0410. The highest BCUT2D eigenvalue weighted by Gasteiger charge is 2.00. The Morgan fingerprint density at radius 1 is 1.19 bits per heavy atom. The van der Waals surface area contributed by atoms with Crippen LogP contribution in [0, 0.1) is 0 Å². The standard InChI is InChI=1S/C12H11BrNO.HI/c1-14-9-3-2-4-10(14)5-6-11-7-8-12(13)15-11;/h2-9H,1H3;1H/q+1;/p-1/b6-5+;. The quantitative estimate of drug-likeness (QED) is 0.522. The zero-order valence-electron chi connectivity index (χ0n) is 8.73. The topological polar surface area (TPSA) is 17.0 Å². The normalized spacial score (nSPS) is 10.4. The first-order valence-electron chi connectivity index (χ1n) is 4.64. The van der Waals surface area contributed by atoms with Crippen molar-refractivity contribution in [3.05, 3.63) is 52.7 Å². The lowest BCUT2D eigenvalue weighted by Crippen LogP contribution is -3.00. The van der Waals surface area contributed by atoms with Gasteiger partial charge in [-0.25, -0.2) is 4.57 Å². The second kappa shape index (κ2) is 6.20. The van der Waals surface area contributed by atoms with E-state index in [1.807, 2.05) is 49.7 Å². The monoisotopic (exact) mass is 391 g/mol. The number of hydrogen-bond acceptors (Lipinski definition) is 1. The number of hydrogen-bond donors (Lipinski definition) is 0. The minimum absolute atomic E-state index is 0. The van der Waals surface area contributed by atoms with Crippen molar-refractivity contribution < 1.29 is 33.0 Å². The Morgan fingerprint density at radius 2 is 2.00 bits per heavy atom. The van der Waals surface area contributed by atoms with Crippen molar-refractivity contribution in [1.82, 2.24) is 0 Å². The molecule has 16 heavy (non-hydrogen) atoms. The SMILES string of the molecule is C[n+]1ccccc1/C=C/c1ccc(Br)o1.[I-]. The van der Waals surface area contributed by atoms with E-state index < -0.39 is 0 Å². The van der Waals surface area contributed by atoms with E-state index >= 15 is 0 Å². The Morgan fingerprint density at radius 3 is 2.62 bits per heavy atom. The van der Waals surface area contributed by atoms with E-state index in [1.165, 1.54) is 0 Å². The maximum absolute atomic E-state index is 5.37. The van der Waals surface area contributed by atoms with Crippen LogP contribution in [0.3, 0.4) is 0 Å². The maximum Gasteiger partial charge on any atom is 0.205 e. The Balaban J connectivity index is 0.00000128. The lowest BCUT2D eigenvalue weighted by atomic mass is 10.3. The molecule has 0 unspecified atom stereocenters. The van der Waals surface area contributed by atoms with E-state index in [-0.39, 0.29) is 24.0 Å². The number of nitrogens with zero attached hydrogens (tertiary/aromatic N) is 1. The predicted molar refractivity (Wildman–Crippen MR) is 63.0 cm³/mol. The first-order chi connectivity index (χ1) is 7.25. The molecule has 0 aliphatic rings. The van der Waals surface area contributed by atoms with Gasteiger partial charge in [0.25, 0.3) is 0 Å². The van der Waals surface area contributed by atoms with E-state index in [0.29, 0.717) is 0 Å². The van der Waals surface area contributed by atoms with Gasteiger partial charge in [0, 0.05) is 18.2 Å². The molecule has 4 heteroatoms. The maximum atomic E-state index is 5.37. The number of aromatic nitrogens is 1. The number of aryl methyl sites for hydroxylation is 1. The van der Waals surface area contributed by atoms with Crippen molar-refractivity contribution in [2.75, 3.05) is 0 Å². The van der Waals surface area contributed by atoms with E-state index in [2.05, 4.69) is 26.6 Å². The van der Waals surface area contributed by atoms with Gasteiger partial charge < -0.3 is 28.4 Å². The molecule has 2 aromatic heterocycles. The lowest BCUT2D eigenvalue weighted by molar-refractivity contribution is -0.673. The highest BCUT2D eigenvalue weighted by molar-refractivity contribution is 9.10. The van der Waals surface area contributed by atoms with Crippen LogP contribution in [0.4, 0.5) is 0 Å². The number of halogens is 2. The third-order valence-corrected chi connectivity index (χ3v) is 2.53. The molecule has 84 valence electrons. The molecule has 0 bridgehead atoms. The van der Waals surface area contributed by atoms with Crippen molar-refractivity contribution >= 4 is 28.1 Å². The lowest BCUT2D eigenvalue weighted by Gasteiger charge is -1.91. The summed E-state index contributed by atoms with van der Waals surface area (Å²) < 4.78 is 8.17. The van der Waals surface area contributed by atoms with Gasteiger partial charge in [0.1, 0.15) is 12.8 Å². The Bertz CT molecular complexity index is 493. The smallest absolute Gasteiger partial charge is 0.205 e. The molecular formula is C12H11BrINO. The first-order valence-corrected chi connectivity index (χ1v) is 5.43. The second-order valence-corrected chi connectivity index (χ2v) is 3.99. The Hall–Kier alpha value is -0.620. The third-order valence-electron chi connectivity index (χ3n) is 2.11. The summed E-state index contributed by atoms with van der Waals surface area (Å²) >= 11 is 3.27. The molecule has 0 atom stereocenters. The summed E-state index contributed by atoms with van der Waals surface area (Å²) in [6, 6.07) is 9.86. The van der Waals surface area contributed by atoms with Crippen molar-refractivity contribution in [1.29, 1.82) is 0 Å². The summed E-state index contributed by atoms with van der Waals surface area (Å²) in [5.74, 6) is 0.839. The van der Waals surface area contributed by atoms with Crippen LogP contribution in [0.15, 0.2) is 45.6 Å². The van der Waals surface area contributed by atoms with Gasteiger partial charge in [-0.1, -0.05) is 0 Å². The van der Waals surface area contributed by atoms with Gasteiger partial charge >= 0.3 is 0 Å². The minimum atomic E-state index is 0. The van der Waals surface area contributed by atoms with E-state index in [4.69, 9.17) is 4.42 Å². The van der Waals surface area contributed by atoms with Gasteiger partial charge in [-0.2, -0.15) is 0 Å². The van der Waals surface area contributed by atoms with Gasteiger partial charge in [0.15, 0.2) is 10.9 Å². The van der Waals surface area contributed by atoms with Gasteiger partial charge in [0.05, 0.1) is 0 Å². The number of rotatable bonds is 2. The molecule has 0 aliphatic heterocycles. The van der Waals surface area contributed by atoms with Gasteiger partial charge in [-0.05, 0) is 40.2 Å². The number of pyridine rings is 1. The van der Waals surface area contributed by atoms with Crippen molar-refractivity contribution in [2.45, 2.75) is 0 Å². The fourth-order valence-corrected chi connectivity index (χ4v) is 1.61. The zero-order chi connectivity index (χ0) is 10.7. The molecule has 2 rings (SSSR count). The summed E-state index contributed by atoms with van der Waals surface area (Å²) in [4.78, 5) is 0. The van der Waals surface area contributed by atoms with Crippen LogP contribution in [0.1, 0.15) is 11.5 Å². The largest absolute Gasteiger partial charge is 1.00 e. The van der Waals surface area contributed by atoms with Crippen LogP contribution in [-0.4, -0.2) is 0 Å². The molecular weight excluding hydrogens is 381 g/mol. The van der Waals surface area contributed by atoms with Gasteiger partial charge in [-0.3, -0.25) is 0 Å². The summed E-state index contributed by atoms with van der Waals surface area (Å²) in [6.45, 7) is 0. The minimum Gasteiger partial charge on any atom is -1.00 e. The summed E-state index contributed by atoms with van der Waals surface area (Å²) in [7, 11) is 2.01. The zero-order valence-corrected chi connectivity index (χ0v) is 12.5. The molecule has 0 aromatic carbocycles. The molecule has 0 saturated heterocycles. The summed E-state index contributed by atoms with van der Waals surface area (Å²) in [6.07, 6.45) is 5.98. The van der Waals surface area contributed by atoms with Crippen molar-refractivity contribution in [3.8, 4) is 0 Å². The molecule has 2 heterocycles. The number of furan rings is 1. The van der Waals surface area contributed by atoms with Gasteiger partial charge in [0.2, 0.25) is 5.69 Å². The molecule has 0 amide bonds. The van der Waals surface area contributed by atoms with Crippen LogP contribution in [0.25, 0.3) is 12.2 Å². The van der Waals surface area contributed by atoms with Gasteiger partial charge in [-0.15, -0.1) is 0 Å². The molecule has 0 saturated carbocycles. The fraction of sp³-hybridized carbons (Fsp3) is 0.0833. The molecule has 2 aromatic rings. The van der Waals surface area contributed by atoms with Crippen LogP contribution < -0.4 is 28.5 Å². The fourth-order valence-electron chi connectivity index (χ4n) is 1.30. The molecule has 0 radical (unpaired) electrons. The van der Waals surface area contributed by atoms with Crippen LogP contribution >= 0.6 is 15.9 Å². The highest BCUT2D eigenvalue weighted by atomic mass is 127. The van der Waals surface area contributed by atoms with Crippen LogP contribution in [0.5, 0.6) is 0 Å². The average molecular weight is 392 g/mol. The average Bonchev–Trinajstić information content (AvgIpc) is 2.63. The Kier molecular flexibility index (Phi) is 5.21. The van der Waals surface area contributed by atoms with E-state index in [9.17, 15) is 0 Å². The summed E-state index contributed by atoms with van der Waals surface area (Å²) in [5, 5.41) is 0. The molecule has 0 fully saturated rings. The molecule has 0 aliphatic carbocycles. The molecule has 0 N–H and O–H groups in total. The highest BCUT2D eigenvalue weighted by Crippen LogP contribution is 2.15. The second-order valence-electron chi connectivity index (χ2n) is 3.21. The summed E-state index contributed by atoms with van der Waals surface area (Å²) in [5.41, 5.74) is 1.13. The first kappa shape index (κ1) is 13.4. The Labute approximate surface area is 120 Å².